The molecule has 0 aromatic rings. The van der Waals surface area contributed by atoms with Crippen LogP contribution in [0.4, 0.5) is 4.79 Å². The van der Waals surface area contributed by atoms with Crippen LogP contribution in [0.5, 0.6) is 0 Å². The molecule has 0 heterocycles. The molecule has 0 atom stereocenters. The molecule has 0 spiro atoms. The number of carbonyl (C=O) groups is 2. The fourth-order valence-electron chi connectivity index (χ4n) is 1.59. The second-order valence-corrected chi connectivity index (χ2v) is 4.87. The van der Waals surface area contributed by atoms with Crippen molar-refractivity contribution in [2.75, 3.05) is 25.6 Å². The third-order valence-electron chi connectivity index (χ3n) is 2.67. The van der Waals surface area contributed by atoms with Crippen molar-refractivity contribution in [1.82, 2.24) is 5.32 Å². The Morgan fingerprint density at radius 2 is 1.70 bits per heavy atom. The van der Waals surface area contributed by atoms with Gasteiger partial charge in [0.2, 0.25) is 0 Å². The minimum Gasteiger partial charge on any atom is -0.466 e. The monoisotopic (exact) mass is 307 g/mol. The van der Waals surface area contributed by atoms with Gasteiger partial charge in [-0.15, -0.1) is 11.6 Å². The van der Waals surface area contributed by atoms with Gasteiger partial charge < -0.3 is 14.8 Å². The molecule has 1 N–H and O–H groups in total. The first-order valence-electron chi connectivity index (χ1n) is 7.33. The van der Waals surface area contributed by atoms with Crippen LogP contribution in [-0.4, -0.2) is 37.7 Å². The van der Waals surface area contributed by atoms with E-state index in [-0.39, 0.29) is 31.4 Å². The number of esters is 1. The Morgan fingerprint density at radius 1 is 1.00 bits per heavy atom. The molecule has 0 saturated heterocycles. The molecule has 0 radical (unpaired) electrons. The Hall–Kier alpha value is -0.970. The largest absolute Gasteiger partial charge is 0.466 e. The zero-order chi connectivity index (χ0) is 15.1. The number of amides is 1. The smallest absolute Gasteiger partial charge is 0.407 e. The minimum atomic E-state index is -0.561. The van der Waals surface area contributed by atoms with Crippen LogP contribution in [0, 0.1) is 0 Å². The molecule has 0 aromatic heterocycles. The van der Waals surface area contributed by atoms with Crippen molar-refractivity contribution in [3.8, 4) is 0 Å². The quantitative estimate of drug-likeness (QED) is 0.341. The van der Waals surface area contributed by atoms with Gasteiger partial charge in [0.05, 0.1) is 18.9 Å². The molecule has 0 aliphatic heterocycles. The van der Waals surface area contributed by atoms with Gasteiger partial charge in [-0.1, -0.05) is 39.0 Å². The van der Waals surface area contributed by atoms with E-state index in [0.29, 0.717) is 6.61 Å². The molecule has 118 valence electrons. The molecule has 0 aromatic carbocycles. The Labute approximate surface area is 126 Å². The van der Waals surface area contributed by atoms with Gasteiger partial charge >= 0.3 is 12.1 Å². The summed E-state index contributed by atoms with van der Waals surface area (Å²) in [6, 6.07) is 0. The summed E-state index contributed by atoms with van der Waals surface area (Å²) in [6.45, 7) is 3.02. The van der Waals surface area contributed by atoms with E-state index in [1.807, 2.05) is 0 Å². The molecular weight excluding hydrogens is 282 g/mol. The zero-order valence-electron chi connectivity index (χ0n) is 12.3. The van der Waals surface area contributed by atoms with Crippen molar-refractivity contribution in [1.29, 1.82) is 0 Å². The number of hydrogen-bond acceptors (Lipinski definition) is 4. The first kappa shape index (κ1) is 19.0. The van der Waals surface area contributed by atoms with Gasteiger partial charge in [-0.2, -0.15) is 0 Å². The summed E-state index contributed by atoms with van der Waals surface area (Å²) < 4.78 is 9.74. The van der Waals surface area contributed by atoms with E-state index in [4.69, 9.17) is 16.3 Å². The summed E-state index contributed by atoms with van der Waals surface area (Å²) in [5.74, 6) is -0.0375. The molecule has 0 fully saturated rings. The molecule has 20 heavy (non-hydrogen) atoms. The molecule has 0 bridgehead atoms. The second kappa shape index (κ2) is 14.4. The van der Waals surface area contributed by atoms with Gasteiger partial charge in [0.15, 0.2) is 0 Å². The maximum atomic E-state index is 11.3. The molecule has 0 unspecified atom stereocenters. The minimum absolute atomic E-state index is 0.159. The summed E-state index contributed by atoms with van der Waals surface area (Å²) in [5, 5.41) is 2.45. The van der Waals surface area contributed by atoms with Crippen molar-refractivity contribution in [3.63, 3.8) is 0 Å². The maximum absolute atomic E-state index is 11.3. The van der Waals surface area contributed by atoms with Crippen LogP contribution in [0.15, 0.2) is 0 Å². The molecule has 0 saturated carbocycles. The van der Waals surface area contributed by atoms with Crippen LogP contribution < -0.4 is 5.32 Å². The number of halogens is 1. The van der Waals surface area contributed by atoms with Crippen LogP contribution >= 0.6 is 11.6 Å². The third-order valence-corrected chi connectivity index (χ3v) is 2.82. The molecule has 0 rings (SSSR count). The van der Waals surface area contributed by atoms with E-state index in [1.54, 1.807) is 0 Å². The number of hydrogen-bond donors (Lipinski definition) is 1. The topological polar surface area (TPSA) is 64.6 Å². The normalized spacial score (nSPS) is 10.1. The SMILES string of the molecule is CCCCCCCCOC(=O)CCNC(=O)OCCCl. The molecule has 6 heteroatoms. The van der Waals surface area contributed by atoms with Crippen LogP contribution in [-0.2, 0) is 14.3 Å². The van der Waals surface area contributed by atoms with E-state index in [1.165, 1.54) is 25.7 Å². The number of nitrogens with one attached hydrogen (secondary N) is 1. The number of unbranched alkanes of at least 4 members (excludes halogenated alkanes) is 5. The lowest BCUT2D eigenvalue weighted by molar-refractivity contribution is -0.143. The van der Waals surface area contributed by atoms with Crippen molar-refractivity contribution in [2.45, 2.75) is 51.9 Å². The van der Waals surface area contributed by atoms with E-state index in [2.05, 4.69) is 17.0 Å². The fraction of sp³-hybridized carbons (Fsp3) is 0.857. The predicted octanol–water partition coefficient (Wildman–Crippen LogP) is 3.25. The highest BCUT2D eigenvalue weighted by atomic mass is 35.5. The number of alkyl carbamates (subject to hydrolysis) is 1. The van der Waals surface area contributed by atoms with Gasteiger partial charge in [0.25, 0.3) is 0 Å². The first-order chi connectivity index (χ1) is 9.70. The number of carbonyl (C=O) groups excluding carboxylic acids is 2. The van der Waals surface area contributed by atoms with Gasteiger partial charge in [0, 0.05) is 6.54 Å². The Balaban J connectivity index is 3.30. The maximum Gasteiger partial charge on any atom is 0.407 e. The summed E-state index contributed by atoms with van der Waals surface area (Å²) in [6.07, 6.45) is 6.54. The highest BCUT2D eigenvalue weighted by molar-refractivity contribution is 6.18. The second-order valence-electron chi connectivity index (χ2n) is 4.49. The third kappa shape index (κ3) is 13.5. The molecule has 1 amide bonds. The van der Waals surface area contributed by atoms with Gasteiger partial charge in [-0.3, -0.25) is 4.79 Å². The van der Waals surface area contributed by atoms with Crippen molar-refractivity contribution < 1.29 is 19.1 Å². The lowest BCUT2D eigenvalue weighted by atomic mass is 10.1. The Bertz CT molecular complexity index is 262. The van der Waals surface area contributed by atoms with E-state index >= 15 is 0 Å². The summed E-state index contributed by atoms with van der Waals surface area (Å²) in [5.41, 5.74) is 0. The van der Waals surface area contributed by atoms with Crippen molar-refractivity contribution >= 4 is 23.7 Å². The zero-order valence-corrected chi connectivity index (χ0v) is 13.0. The average molecular weight is 308 g/mol. The molecular formula is C14H26ClNO4. The lowest BCUT2D eigenvalue weighted by Gasteiger charge is -2.06. The standard InChI is InChI=1S/C14H26ClNO4/c1-2-3-4-5-6-7-11-19-13(17)8-10-16-14(18)20-12-9-15/h2-12H2,1H3,(H,16,18). The van der Waals surface area contributed by atoms with E-state index in [9.17, 15) is 9.59 Å². The predicted molar refractivity (Wildman–Crippen MR) is 79.0 cm³/mol. The first-order valence-corrected chi connectivity index (χ1v) is 7.86. The number of rotatable bonds is 12. The van der Waals surface area contributed by atoms with E-state index < -0.39 is 6.09 Å². The Morgan fingerprint density at radius 3 is 2.40 bits per heavy atom. The van der Waals surface area contributed by atoms with Crippen LogP contribution in [0.25, 0.3) is 0 Å². The highest BCUT2D eigenvalue weighted by Crippen LogP contribution is 2.05. The van der Waals surface area contributed by atoms with Crippen molar-refractivity contribution in [3.05, 3.63) is 0 Å². The molecule has 5 nitrogen and oxygen atoms in total. The summed E-state index contributed by atoms with van der Waals surface area (Å²) >= 11 is 5.36. The van der Waals surface area contributed by atoms with Crippen LogP contribution in [0.1, 0.15) is 51.9 Å². The number of ether oxygens (including phenoxy) is 2. The van der Waals surface area contributed by atoms with Gasteiger partial charge in [-0.25, -0.2) is 4.79 Å². The lowest BCUT2D eigenvalue weighted by Crippen LogP contribution is -2.27. The highest BCUT2D eigenvalue weighted by Gasteiger charge is 2.05. The summed E-state index contributed by atoms with van der Waals surface area (Å²) in [7, 11) is 0. The van der Waals surface area contributed by atoms with E-state index in [0.717, 1.165) is 12.8 Å². The van der Waals surface area contributed by atoms with Crippen LogP contribution in [0.2, 0.25) is 0 Å². The number of alkyl halides is 1. The van der Waals surface area contributed by atoms with Gasteiger partial charge in [0.1, 0.15) is 6.61 Å². The average Bonchev–Trinajstić information content (AvgIpc) is 2.44. The Kier molecular flexibility index (Phi) is 13.7. The summed E-state index contributed by atoms with van der Waals surface area (Å²) in [4.78, 5) is 22.4. The molecule has 0 aliphatic rings. The molecule has 0 aliphatic carbocycles. The fourth-order valence-corrected chi connectivity index (χ4v) is 1.67. The van der Waals surface area contributed by atoms with Crippen LogP contribution in [0.3, 0.4) is 0 Å². The van der Waals surface area contributed by atoms with Crippen molar-refractivity contribution in [2.24, 2.45) is 0 Å². The van der Waals surface area contributed by atoms with Gasteiger partial charge in [-0.05, 0) is 6.42 Å².